The van der Waals surface area contributed by atoms with Gasteiger partial charge in [0.25, 0.3) is 0 Å². The van der Waals surface area contributed by atoms with Crippen molar-refractivity contribution < 1.29 is 15.0 Å². The highest BCUT2D eigenvalue weighted by atomic mass is 32.2. The number of rotatable bonds is 3. The van der Waals surface area contributed by atoms with Gasteiger partial charge in [-0.1, -0.05) is 12.8 Å². The minimum atomic E-state index is -0.729. The van der Waals surface area contributed by atoms with Crippen molar-refractivity contribution in [2.75, 3.05) is 18.1 Å². The van der Waals surface area contributed by atoms with E-state index in [-0.39, 0.29) is 24.6 Å². The van der Waals surface area contributed by atoms with Crippen LogP contribution in [0.4, 0.5) is 0 Å². The van der Waals surface area contributed by atoms with Crippen LogP contribution in [0, 0.1) is 0 Å². The summed E-state index contributed by atoms with van der Waals surface area (Å²) in [6.07, 6.45) is 4.09. The zero-order valence-corrected chi connectivity index (χ0v) is 10.9. The first kappa shape index (κ1) is 13.2. The fourth-order valence-corrected chi connectivity index (χ4v) is 4.05. The van der Waals surface area contributed by atoms with Crippen LogP contribution in [-0.2, 0) is 4.79 Å². The highest BCUT2D eigenvalue weighted by molar-refractivity contribution is 7.99. The average Bonchev–Trinajstić information content (AvgIpc) is 2.30. The van der Waals surface area contributed by atoms with E-state index in [4.69, 9.17) is 5.11 Å². The quantitative estimate of drug-likeness (QED) is 0.797. The van der Waals surface area contributed by atoms with E-state index in [0.29, 0.717) is 0 Å². The van der Waals surface area contributed by atoms with Crippen LogP contribution in [0.15, 0.2) is 0 Å². The van der Waals surface area contributed by atoms with Crippen molar-refractivity contribution in [3.63, 3.8) is 0 Å². The number of hydrogen-bond donors (Lipinski definition) is 2. The van der Waals surface area contributed by atoms with Crippen LogP contribution in [0.2, 0.25) is 0 Å². The Hall–Kier alpha value is -0.260. The van der Waals surface area contributed by atoms with Crippen molar-refractivity contribution >= 4 is 17.7 Å². The van der Waals surface area contributed by atoms with Crippen LogP contribution < -0.4 is 0 Å². The minimum Gasteiger partial charge on any atom is -0.481 e. The summed E-state index contributed by atoms with van der Waals surface area (Å²) in [4.78, 5) is 13.1. The topological polar surface area (TPSA) is 60.8 Å². The predicted molar refractivity (Wildman–Crippen MR) is 68.3 cm³/mol. The largest absolute Gasteiger partial charge is 0.481 e. The van der Waals surface area contributed by atoms with Crippen molar-refractivity contribution in [2.24, 2.45) is 0 Å². The summed E-state index contributed by atoms with van der Waals surface area (Å²) in [5.74, 6) is 1.21. The van der Waals surface area contributed by atoms with E-state index < -0.39 is 5.97 Å². The highest BCUT2D eigenvalue weighted by Gasteiger charge is 2.35. The SMILES string of the molecule is O=C(O)CC1CSCCN1C1CCCCC1O. The Bertz CT molecular complexity index is 274. The van der Waals surface area contributed by atoms with Gasteiger partial charge in [0.1, 0.15) is 0 Å². The van der Waals surface area contributed by atoms with Crippen molar-refractivity contribution in [1.82, 2.24) is 4.90 Å². The number of carboxylic acid groups (broad SMARTS) is 1. The second-order valence-corrected chi connectivity index (χ2v) is 6.13. The minimum absolute atomic E-state index is 0.101. The Labute approximate surface area is 106 Å². The van der Waals surface area contributed by atoms with Crippen LogP contribution >= 0.6 is 11.8 Å². The Kier molecular flexibility index (Phi) is 4.70. The first-order chi connectivity index (χ1) is 8.18. The number of aliphatic hydroxyl groups is 1. The van der Waals surface area contributed by atoms with E-state index in [9.17, 15) is 9.90 Å². The highest BCUT2D eigenvalue weighted by Crippen LogP contribution is 2.29. The van der Waals surface area contributed by atoms with Crippen LogP contribution in [0.3, 0.4) is 0 Å². The standard InChI is InChI=1S/C12H21NO3S/c14-11-4-2-1-3-10(11)13-5-6-17-8-9(13)7-12(15)16/h9-11,14H,1-8H2,(H,15,16). The van der Waals surface area contributed by atoms with Crippen molar-refractivity contribution in [3.05, 3.63) is 0 Å². The number of thioether (sulfide) groups is 1. The fourth-order valence-electron chi connectivity index (χ4n) is 2.96. The molecule has 4 nitrogen and oxygen atoms in total. The molecule has 2 aliphatic rings. The summed E-state index contributed by atoms with van der Waals surface area (Å²) >= 11 is 1.83. The molecule has 0 aromatic heterocycles. The van der Waals surface area contributed by atoms with E-state index >= 15 is 0 Å². The molecule has 5 heteroatoms. The Balaban J connectivity index is 2.01. The summed E-state index contributed by atoms with van der Waals surface area (Å²) in [5.41, 5.74) is 0. The van der Waals surface area contributed by atoms with E-state index in [1.54, 1.807) is 0 Å². The lowest BCUT2D eigenvalue weighted by Gasteiger charge is -2.44. The molecule has 2 rings (SSSR count). The van der Waals surface area contributed by atoms with Gasteiger partial charge >= 0.3 is 5.97 Å². The normalized spacial score (nSPS) is 35.7. The van der Waals surface area contributed by atoms with E-state index in [1.165, 1.54) is 0 Å². The Morgan fingerprint density at radius 3 is 2.82 bits per heavy atom. The molecule has 0 radical (unpaired) electrons. The van der Waals surface area contributed by atoms with Gasteiger partial charge in [0.15, 0.2) is 0 Å². The van der Waals surface area contributed by atoms with Gasteiger partial charge in [-0.25, -0.2) is 0 Å². The zero-order chi connectivity index (χ0) is 12.3. The molecule has 1 heterocycles. The Morgan fingerprint density at radius 2 is 2.12 bits per heavy atom. The van der Waals surface area contributed by atoms with Gasteiger partial charge in [-0.15, -0.1) is 0 Å². The summed E-state index contributed by atoms with van der Waals surface area (Å²) in [6.45, 7) is 0.921. The molecule has 1 saturated heterocycles. The van der Waals surface area contributed by atoms with E-state index in [0.717, 1.165) is 43.7 Å². The smallest absolute Gasteiger partial charge is 0.304 e. The molecule has 2 N–H and O–H groups in total. The van der Waals surface area contributed by atoms with Gasteiger partial charge in [-0.3, -0.25) is 9.69 Å². The molecular formula is C12H21NO3S. The van der Waals surface area contributed by atoms with Crippen LogP contribution in [0.1, 0.15) is 32.1 Å². The number of hydrogen-bond acceptors (Lipinski definition) is 4. The fraction of sp³-hybridized carbons (Fsp3) is 0.917. The summed E-state index contributed by atoms with van der Waals surface area (Å²) in [5, 5.41) is 19.0. The molecule has 0 spiro atoms. The summed E-state index contributed by atoms with van der Waals surface area (Å²) in [6, 6.07) is 0.290. The van der Waals surface area contributed by atoms with Crippen LogP contribution in [0.5, 0.6) is 0 Å². The lowest BCUT2D eigenvalue weighted by molar-refractivity contribution is -0.138. The lowest BCUT2D eigenvalue weighted by atomic mass is 9.90. The van der Waals surface area contributed by atoms with E-state index in [2.05, 4.69) is 4.90 Å². The molecule has 3 atom stereocenters. The number of nitrogens with zero attached hydrogens (tertiary/aromatic N) is 1. The maximum absolute atomic E-state index is 10.9. The monoisotopic (exact) mass is 259 g/mol. The molecule has 0 aromatic carbocycles. The third-order valence-electron chi connectivity index (χ3n) is 3.80. The maximum Gasteiger partial charge on any atom is 0.304 e. The zero-order valence-electron chi connectivity index (χ0n) is 10.0. The van der Waals surface area contributed by atoms with Gasteiger partial charge in [-0.05, 0) is 12.8 Å². The second kappa shape index (κ2) is 6.07. The Morgan fingerprint density at radius 1 is 1.35 bits per heavy atom. The molecule has 0 bridgehead atoms. The first-order valence-electron chi connectivity index (χ1n) is 6.42. The molecule has 2 fully saturated rings. The first-order valence-corrected chi connectivity index (χ1v) is 7.57. The van der Waals surface area contributed by atoms with Crippen molar-refractivity contribution in [1.29, 1.82) is 0 Å². The van der Waals surface area contributed by atoms with Crippen molar-refractivity contribution in [3.8, 4) is 0 Å². The molecule has 1 aliphatic heterocycles. The predicted octanol–water partition coefficient (Wildman–Crippen LogP) is 1.18. The van der Waals surface area contributed by atoms with Gasteiger partial charge in [-0.2, -0.15) is 11.8 Å². The second-order valence-electron chi connectivity index (χ2n) is 4.98. The molecule has 17 heavy (non-hydrogen) atoms. The molecule has 1 aliphatic carbocycles. The average molecular weight is 259 g/mol. The van der Waals surface area contributed by atoms with Crippen molar-refractivity contribution in [2.45, 2.75) is 50.3 Å². The number of carboxylic acids is 1. The van der Waals surface area contributed by atoms with Gasteiger partial charge in [0.05, 0.1) is 12.5 Å². The lowest BCUT2D eigenvalue weighted by Crippen LogP contribution is -2.54. The summed E-state index contributed by atoms with van der Waals surface area (Å²) in [7, 11) is 0. The third kappa shape index (κ3) is 3.36. The number of carbonyl (C=O) groups is 1. The molecule has 3 unspecified atom stereocenters. The van der Waals surface area contributed by atoms with Gasteiger partial charge < -0.3 is 10.2 Å². The van der Waals surface area contributed by atoms with Gasteiger partial charge in [0.2, 0.25) is 0 Å². The third-order valence-corrected chi connectivity index (χ3v) is 4.89. The molecule has 0 amide bonds. The molecule has 0 aromatic rings. The maximum atomic E-state index is 10.9. The molecule has 98 valence electrons. The summed E-state index contributed by atoms with van der Waals surface area (Å²) < 4.78 is 0. The van der Waals surface area contributed by atoms with Crippen LogP contribution in [0.25, 0.3) is 0 Å². The number of aliphatic hydroxyl groups excluding tert-OH is 1. The van der Waals surface area contributed by atoms with Crippen LogP contribution in [-0.4, -0.2) is 57.3 Å². The molecule has 1 saturated carbocycles. The van der Waals surface area contributed by atoms with E-state index in [1.807, 2.05) is 11.8 Å². The van der Waals surface area contributed by atoms with Gasteiger partial charge in [0, 0.05) is 30.1 Å². The number of aliphatic carboxylic acids is 1. The molecular weight excluding hydrogens is 238 g/mol.